The van der Waals surface area contributed by atoms with Gasteiger partial charge in [-0.1, -0.05) is 36.0 Å². The van der Waals surface area contributed by atoms with E-state index in [1.165, 1.54) is 12.1 Å². The number of nitro benzene ring substituents is 1. The quantitative estimate of drug-likeness (QED) is 0.251. The Morgan fingerprint density at radius 3 is 2.70 bits per heavy atom. The maximum absolute atomic E-state index is 10.8. The van der Waals surface area contributed by atoms with Crippen LogP contribution < -0.4 is 4.74 Å². The molecule has 1 fully saturated rings. The highest BCUT2D eigenvalue weighted by molar-refractivity contribution is 7.99. The molecule has 0 spiro atoms. The van der Waals surface area contributed by atoms with Gasteiger partial charge in [0.2, 0.25) is 0 Å². The van der Waals surface area contributed by atoms with E-state index in [2.05, 4.69) is 26.9 Å². The molecule has 0 unspecified atom stereocenters. The first kappa shape index (κ1) is 17.5. The molecule has 1 aromatic heterocycles. The molecule has 2 aromatic carbocycles. The van der Waals surface area contributed by atoms with Crippen molar-refractivity contribution < 1.29 is 9.66 Å². The van der Waals surface area contributed by atoms with Gasteiger partial charge in [0, 0.05) is 23.4 Å². The molecule has 0 amide bonds. The highest BCUT2D eigenvalue weighted by atomic mass is 32.2. The monoisotopic (exact) mass is 382 g/mol. The van der Waals surface area contributed by atoms with Gasteiger partial charge in [0.1, 0.15) is 11.6 Å². The fourth-order valence-corrected chi connectivity index (χ4v) is 3.56. The first-order valence-corrected chi connectivity index (χ1v) is 9.72. The number of hydrogen-bond acceptors (Lipinski definition) is 6. The number of benzene rings is 2. The molecule has 0 saturated heterocycles. The third-order valence-electron chi connectivity index (χ3n) is 4.23. The Morgan fingerprint density at radius 1 is 1.15 bits per heavy atom. The summed E-state index contributed by atoms with van der Waals surface area (Å²) in [6, 6.07) is 16.3. The van der Waals surface area contributed by atoms with E-state index in [0.29, 0.717) is 24.0 Å². The Labute approximate surface area is 160 Å². The molecule has 8 heteroatoms. The number of hydrogen-bond donors (Lipinski definition) is 0. The van der Waals surface area contributed by atoms with Gasteiger partial charge in [-0.15, -0.1) is 10.2 Å². The van der Waals surface area contributed by atoms with Crippen LogP contribution in [0.4, 0.5) is 5.69 Å². The summed E-state index contributed by atoms with van der Waals surface area (Å²) in [6.45, 7) is 0.423. The average molecular weight is 382 g/mol. The van der Waals surface area contributed by atoms with Gasteiger partial charge in [-0.2, -0.15) is 0 Å². The molecular formula is C19H18N4O3S. The van der Waals surface area contributed by atoms with Crippen molar-refractivity contribution in [2.75, 3.05) is 12.4 Å². The SMILES string of the molecule is O=[N+]([O-])c1cccc(OCCSc2nnc(C3CC3)n2-c2ccccc2)c1. The largest absolute Gasteiger partial charge is 0.492 e. The van der Waals surface area contributed by atoms with Gasteiger partial charge >= 0.3 is 0 Å². The van der Waals surface area contributed by atoms with E-state index in [0.717, 1.165) is 29.5 Å². The van der Waals surface area contributed by atoms with Gasteiger partial charge in [-0.3, -0.25) is 14.7 Å². The molecule has 138 valence electrons. The Balaban J connectivity index is 1.42. The minimum absolute atomic E-state index is 0.0260. The molecule has 0 N–H and O–H groups in total. The van der Waals surface area contributed by atoms with Crippen LogP contribution in [0.15, 0.2) is 59.8 Å². The van der Waals surface area contributed by atoms with Crippen molar-refractivity contribution in [3.05, 3.63) is 70.5 Å². The van der Waals surface area contributed by atoms with Crippen LogP contribution in [0.2, 0.25) is 0 Å². The molecule has 27 heavy (non-hydrogen) atoms. The van der Waals surface area contributed by atoms with Crippen molar-refractivity contribution in [3.63, 3.8) is 0 Å². The molecule has 1 saturated carbocycles. The number of non-ortho nitro benzene ring substituents is 1. The van der Waals surface area contributed by atoms with Crippen LogP contribution in [0.3, 0.4) is 0 Å². The van der Waals surface area contributed by atoms with E-state index in [1.54, 1.807) is 23.9 Å². The maximum atomic E-state index is 10.8. The van der Waals surface area contributed by atoms with E-state index >= 15 is 0 Å². The predicted octanol–water partition coefficient (Wildman–Crippen LogP) is 4.22. The molecule has 7 nitrogen and oxygen atoms in total. The van der Waals surface area contributed by atoms with Gasteiger partial charge in [0.15, 0.2) is 5.16 Å². The summed E-state index contributed by atoms with van der Waals surface area (Å²) in [7, 11) is 0. The first-order valence-electron chi connectivity index (χ1n) is 8.73. The fourth-order valence-electron chi connectivity index (χ4n) is 2.78. The minimum Gasteiger partial charge on any atom is -0.492 e. The van der Waals surface area contributed by atoms with Crippen LogP contribution >= 0.6 is 11.8 Å². The highest BCUT2D eigenvalue weighted by Crippen LogP contribution is 2.41. The van der Waals surface area contributed by atoms with E-state index in [4.69, 9.17) is 4.74 Å². The number of para-hydroxylation sites is 1. The van der Waals surface area contributed by atoms with Crippen LogP contribution in [0.5, 0.6) is 5.75 Å². The van der Waals surface area contributed by atoms with Crippen LogP contribution in [0.25, 0.3) is 5.69 Å². The van der Waals surface area contributed by atoms with Gasteiger partial charge in [0.05, 0.1) is 17.6 Å². The lowest BCUT2D eigenvalue weighted by Gasteiger charge is -2.10. The van der Waals surface area contributed by atoms with Gasteiger partial charge in [0.25, 0.3) is 5.69 Å². The number of ether oxygens (including phenoxy) is 1. The van der Waals surface area contributed by atoms with Crippen LogP contribution in [-0.4, -0.2) is 32.0 Å². The van der Waals surface area contributed by atoms with Crippen molar-refractivity contribution in [1.82, 2.24) is 14.8 Å². The first-order chi connectivity index (χ1) is 13.2. The van der Waals surface area contributed by atoms with Crippen LogP contribution in [0, 0.1) is 10.1 Å². The summed E-state index contributed by atoms with van der Waals surface area (Å²) in [5, 5.41) is 20.4. The van der Waals surface area contributed by atoms with E-state index in [1.807, 2.05) is 18.2 Å². The van der Waals surface area contributed by atoms with Crippen molar-refractivity contribution >= 4 is 17.4 Å². The Morgan fingerprint density at radius 2 is 1.96 bits per heavy atom. The standard InChI is InChI=1S/C19H18N4O3S/c24-23(25)16-7-4-8-17(13-16)26-11-12-27-19-21-20-18(14-9-10-14)22(19)15-5-2-1-3-6-15/h1-8,13-14H,9-12H2. The second kappa shape index (κ2) is 7.79. The van der Waals surface area contributed by atoms with Crippen molar-refractivity contribution in [2.45, 2.75) is 23.9 Å². The normalized spacial score (nSPS) is 13.5. The second-order valence-electron chi connectivity index (χ2n) is 6.24. The number of nitrogens with zero attached hydrogens (tertiary/aromatic N) is 4. The third-order valence-corrected chi connectivity index (χ3v) is 5.12. The Bertz CT molecular complexity index is 941. The molecule has 1 aliphatic carbocycles. The summed E-state index contributed by atoms with van der Waals surface area (Å²) in [6.07, 6.45) is 2.32. The number of aromatic nitrogens is 3. The molecular weight excluding hydrogens is 364 g/mol. The molecule has 0 radical (unpaired) electrons. The van der Waals surface area contributed by atoms with Gasteiger partial charge < -0.3 is 4.74 Å². The molecule has 3 aromatic rings. The zero-order chi connectivity index (χ0) is 18.6. The van der Waals surface area contributed by atoms with E-state index in [-0.39, 0.29) is 5.69 Å². The van der Waals surface area contributed by atoms with Crippen molar-refractivity contribution in [1.29, 1.82) is 0 Å². The zero-order valence-electron chi connectivity index (χ0n) is 14.5. The number of rotatable bonds is 8. The third kappa shape index (κ3) is 4.11. The predicted molar refractivity (Wildman–Crippen MR) is 103 cm³/mol. The molecule has 0 bridgehead atoms. The van der Waals surface area contributed by atoms with Crippen LogP contribution in [-0.2, 0) is 0 Å². The topological polar surface area (TPSA) is 83.1 Å². The van der Waals surface area contributed by atoms with Crippen molar-refractivity contribution in [3.8, 4) is 11.4 Å². The minimum atomic E-state index is -0.427. The average Bonchev–Trinajstić information content (AvgIpc) is 3.46. The lowest BCUT2D eigenvalue weighted by atomic mass is 10.3. The Kier molecular flexibility index (Phi) is 5.06. The fraction of sp³-hybridized carbons (Fsp3) is 0.263. The summed E-state index contributed by atoms with van der Waals surface area (Å²) in [4.78, 5) is 10.4. The molecule has 0 atom stereocenters. The summed E-state index contributed by atoms with van der Waals surface area (Å²) < 4.78 is 7.77. The summed E-state index contributed by atoms with van der Waals surface area (Å²) >= 11 is 1.57. The molecule has 1 aliphatic rings. The van der Waals surface area contributed by atoms with Gasteiger partial charge in [-0.25, -0.2) is 0 Å². The molecule has 4 rings (SSSR count). The van der Waals surface area contributed by atoms with Crippen molar-refractivity contribution in [2.24, 2.45) is 0 Å². The molecule has 1 heterocycles. The molecule has 0 aliphatic heterocycles. The maximum Gasteiger partial charge on any atom is 0.273 e. The van der Waals surface area contributed by atoms with E-state index < -0.39 is 4.92 Å². The number of nitro groups is 1. The highest BCUT2D eigenvalue weighted by Gasteiger charge is 2.30. The zero-order valence-corrected chi connectivity index (χ0v) is 15.3. The lowest BCUT2D eigenvalue weighted by Crippen LogP contribution is -2.04. The van der Waals surface area contributed by atoms with E-state index in [9.17, 15) is 10.1 Å². The van der Waals surface area contributed by atoms with Gasteiger partial charge in [-0.05, 0) is 31.0 Å². The summed E-state index contributed by atoms with van der Waals surface area (Å²) in [5.74, 6) is 2.67. The number of thioether (sulfide) groups is 1. The Hall–Kier alpha value is -2.87. The summed E-state index contributed by atoms with van der Waals surface area (Å²) in [5.41, 5.74) is 1.09. The smallest absolute Gasteiger partial charge is 0.273 e. The van der Waals surface area contributed by atoms with Crippen LogP contribution in [0.1, 0.15) is 24.6 Å². The second-order valence-corrected chi connectivity index (χ2v) is 7.30. The lowest BCUT2D eigenvalue weighted by molar-refractivity contribution is -0.384.